The number of carbonyl (C=O) groups excluding carboxylic acids is 2. The van der Waals surface area contributed by atoms with Gasteiger partial charge < -0.3 is 25.7 Å². The SMILES string of the molecule is O=C(O)CCNC(=O)c1ccc(CN(C(=O)Nc2ccc(O)cc2)C2CC2c2ccccc2)cc1. The maximum Gasteiger partial charge on any atom is 0.322 e. The summed E-state index contributed by atoms with van der Waals surface area (Å²) < 4.78 is 0. The van der Waals surface area contributed by atoms with Crippen molar-refractivity contribution in [1.82, 2.24) is 10.2 Å². The van der Waals surface area contributed by atoms with Gasteiger partial charge in [-0.3, -0.25) is 9.59 Å². The van der Waals surface area contributed by atoms with Gasteiger partial charge in [-0.25, -0.2) is 4.79 Å². The van der Waals surface area contributed by atoms with Crippen molar-refractivity contribution in [3.8, 4) is 5.75 Å². The van der Waals surface area contributed by atoms with E-state index >= 15 is 0 Å². The number of phenolic OH excluding ortho intramolecular Hbond substituents is 1. The predicted molar refractivity (Wildman–Crippen MR) is 131 cm³/mol. The van der Waals surface area contributed by atoms with Gasteiger partial charge in [0.15, 0.2) is 0 Å². The Kier molecular flexibility index (Phi) is 7.30. The zero-order valence-corrected chi connectivity index (χ0v) is 19.1. The molecule has 1 aliphatic carbocycles. The van der Waals surface area contributed by atoms with Gasteiger partial charge in [0.1, 0.15) is 5.75 Å². The van der Waals surface area contributed by atoms with E-state index < -0.39 is 5.97 Å². The van der Waals surface area contributed by atoms with Crippen LogP contribution < -0.4 is 10.6 Å². The van der Waals surface area contributed by atoms with E-state index in [-0.39, 0.29) is 42.6 Å². The van der Waals surface area contributed by atoms with Crippen molar-refractivity contribution in [2.45, 2.75) is 31.3 Å². The van der Waals surface area contributed by atoms with E-state index in [0.29, 0.717) is 17.8 Å². The molecule has 1 saturated carbocycles. The minimum Gasteiger partial charge on any atom is -0.508 e. The number of carboxylic acids is 1. The second-order valence-electron chi connectivity index (χ2n) is 8.52. The lowest BCUT2D eigenvalue weighted by molar-refractivity contribution is -0.136. The average molecular weight is 474 g/mol. The average Bonchev–Trinajstić information content (AvgIpc) is 3.65. The number of aromatic hydroxyl groups is 1. The number of carboxylic acid groups (broad SMARTS) is 1. The number of nitrogens with zero attached hydrogens (tertiary/aromatic N) is 1. The van der Waals surface area contributed by atoms with Crippen molar-refractivity contribution in [3.63, 3.8) is 0 Å². The number of urea groups is 1. The fourth-order valence-electron chi connectivity index (χ4n) is 4.01. The number of hydrogen-bond acceptors (Lipinski definition) is 4. The van der Waals surface area contributed by atoms with E-state index in [1.807, 2.05) is 18.2 Å². The lowest BCUT2D eigenvalue weighted by Gasteiger charge is -2.24. The summed E-state index contributed by atoms with van der Waals surface area (Å²) >= 11 is 0. The van der Waals surface area contributed by atoms with E-state index in [0.717, 1.165) is 12.0 Å². The molecule has 4 N–H and O–H groups in total. The van der Waals surface area contributed by atoms with Crippen molar-refractivity contribution >= 4 is 23.6 Å². The Morgan fingerprint density at radius 3 is 2.26 bits per heavy atom. The smallest absolute Gasteiger partial charge is 0.322 e. The lowest BCUT2D eigenvalue weighted by atomic mass is 10.1. The highest BCUT2D eigenvalue weighted by Gasteiger charge is 2.44. The highest BCUT2D eigenvalue weighted by molar-refractivity contribution is 5.94. The molecule has 0 spiro atoms. The topological polar surface area (TPSA) is 119 Å². The van der Waals surface area contributed by atoms with Crippen LogP contribution >= 0.6 is 0 Å². The molecule has 2 unspecified atom stereocenters. The fraction of sp³-hybridized carbons (Fsp3) is 0.222. The standard InChI is InChI=1S/C27H27N3O5/c31-22-12-10-21(11-13-22)29-27(35)30(24-16-23(24)19-4-2-1-3-5-19)17-18-6-8-20(9-7-18)26(34)28-15-14-25(32)33/h1-13,23-24,31H,14-17H2,(H,28,34)(H,29,35)(H,32,33). The minimum absolute atomic E-state index is 0.0357. The van der Waals surface area contributed by atoms with Gasteiger partial charge in [0.25, 0.3) is 5.91 Å². The number of carbonyl (C=O) groups is 3. The molecule has 8 nitrogen and oxygen atoms in total. The first-order chi connectivity index (χ1) is 16.9. The molecule has 0 aromatic heterocycles. The van der Waals surface area contributed by atoms with Crippen LogP contribution in [-0.2, 0) is 11.3 Å². The molecule has 4 rings (SSSR count). The van der Waals surface area contributed by atoms with E-state index in [2.05, 4.69) is 22.8 Å². The number of hydrogen-bond donors (Lipinski definition) is 4. The van der Waals surface area contributed by atoms with Crippen LogP contribution in [0.5, 0.6) is 5.75 Å². The zero-order valence-electron chi connectivity index (χ0n) is 19.1. The number of rotatable bonds is 9. The van der Waals surface area contributed by atoms with Crippen LogP contribution in [0.2, 0.25) is 0 Å². The van der Waals surface area contributed by atoms with Gasteiger partial charge in [-0.2, -0.15) is 0 Å². The summed E-state index contributed by atoms with van der Waals surface area (Å²) in [4.78, 5) is 37.9. The monoisotopic (exact) mass is 473 g/mol. The van der Waals surface area contributed by atoms with E-state index in [4.69, 9.17) is 5.11 Å². The van der Waals surface area contributed by atoms with Gasteiger partial charge in [0.05, 0.1) is 6.42 Å². The molecule has 3 aromatic carbocycles. The first-order valence-electron chi connectivity index (χ1n) is 11.4. The second-order valence-corrected chi connectivity index (χ2v) is 8.52. The highest BCUT2D eigenvalue weighted by Crippen LogP contribution is 2.45. The van der Waals surface area contributed by atoms with Gasteiger partial charge >= 0.3 is 12.0 Å². The van der Waals surface area contributed by atoms with Crippen molar-refractivity contribution in [2.24, 2.45) is 0 Å². The predicted octanol–water partition coefficient (Wildman–Crippen LogP) is 4.19. The normalized spacial score (nSPS) is 16.2. The molecule has 180 valence electrons. The van der Waals surface area contributed by atoms with E-state index in [1.54, 1.807) is 41.3 Å². The summed E-state index contributed by atoms with van der Waals surface area (Å²) in [5.74, 6) is -0.939. The first-order valence-corrected chi connectivity index (χ1v) is 11.4. The summed E-state index contributed by atoms with van der Waals surface area (Å²) in [6, 6.07) is 23.1. The van der Waals surface area contributed by atoms with Gasteiger partial charge in [-0.15, -0.1) is 0 Å². The van der Waals surface area contributed by atoms with Gasteiger partial charge in [-0.1, -0.05) is 42.5 Å². The van der Waals surface area contributed by atoms with Gasteiger partial charge in [0.2, 0.25) is 0 Å². The fourth-order valence-corrected chi connectivity index (χ4v) is 4.01. The molecule has 2 atom stereocenters. The number of nitrogens with one attached hydrogen (secondary N) is 2. The number of anilines is 1. The molecule has 0 aliphatic heterocycles. The maximum absolute atomic E-state index is 13.2. The quantitative estimate of drug-likeness (QED) is 0.348. The summed E-state index contributed by atoms with van der Waals surface area (Å²) in [5.41, 5.74) is 3.07. The number of aliphatic carboxylic acids is 1. The van der Waals surface area contributed by atoms with Crippen LogP contribution in [0.4, 0.5) is 10.5 Å². The minimum atomic E-state index is -0.972. The first kappa shape index (κ1) is 23.8. The summed E-state index contributed by atoms with van der Waals surface area (Å²) in [5, 5.41) is 23.7. The van der Waals surface area contributed by atoms with Crippen molar-refractivity contribution in [1.29, 1.82) is 0 Å². The largest absolute Gasteiger partial charge is 0.508 e. The molecular formula is C27H27N3O5. The van der Waals surface area contributed by atoms with Crippen LogP contribution in [0.25, 0.3) is 0 Å². The molecule has 0 saturated heterocycles. The number of benzene rings is 3. The number of amides is 3. The Hall–Kier alpha value is -4.33. The Morgan fingerprint density at radius 1 is 0.914 bits per heavy atom. The molecule has 35 heavy (non-hydrogen) atoms. The Morgan fingerprint density at radius 2 is 1.60 bits per heavy atom. The van der Waals surface area contributed by atoms with Crippen LogP contribution in [0, 0.1) is 0 Å². The molecule has 0 heterocycles. The van der Waals surface area contributed by atoms with E-state index in [9.17, 15) is 19.5 Å². The Balaban J connectivity index is 1.46. The maximum atomic E-state index is 13.2. The van der Waals surface area contributed by atoms with Crippen molar-refractivity contribution in [2.75, 3.05) is 11.9 Å². The van der Waals surface area contributed by atoms with Crippen LogP contribution in [0.15, 0.2) is 78.9 Å². The summed E-state index contributed by atoms with van der Waals surface area (Å²) in [7, 11) is 0. The molecule has 0 bridgehead atoms. The van der Waals surface area contributed by atoms with Crippen LogP contribution in [0.1, 0.15) is 40.2 Å². The molecule has 1 fully saturated rings. The van der Waals surface area contributed by atoms with Gasteiger partial charge in [-0.05, 0) is 53.9 Å². The van der Waals surface area contributed by atoms with E-state index in [1.165, 1.54) is 17.7 Å². The lowest BCUT2D eigenvalue weighted by Crippen LogP contribution is -2.37. The van der Waals surface area contributed by atoms with Crippen molar-refractivity contribution in [3.05, 3.63) is 95.6 Å². The third-order valence-corrected chi connectivity index (χ3v) is 5.96. The Bertz CT molecular complexity index is 1180. The molecule has 1 aliphatic rings. The molecule has 3 amide bonds. The highest BCUT2D eigenvalue weighted by atomic mass is 16.4. The molecule has 8 heteroatoms. The zero-order chi connectivity index (χ0) is 24.8. The van der Waals surface area contributed by atoms with Gasteiger partial charge in [0, 0.05) is 36.3 Å². The Labute approximate surface area is 203 Å². The van der Waals surface area contributed by atoms with Crippen molar-refractivity contribution < 1.29 is 24.6 Å². The molecular weight excluding hydrogens is 446 g/mol. The molecule has 0 radical (unpaired) electrons. The van der Waals surface area contributed by atoms with Crippen LogP contribution in [-0.4, -0.2) is 45.6 Å². The second kappa shape index (κ2) is 10.7. The molecule has 3 aromatic rings. The van der Waals surface area contributed by atoms with Crippen LogP contribution in [0.3, 0.4) is 0 Å². The number of phenols is 1. The third kappa shape index (κ3) is 6.38. The summed E-state index contributed by atoms with van der Waals surface area (Å²) in [6.07, 6.45) is 0.718. The third-order valence-electron chi connectivity index (χ3n) is 5.96. The summed E-state index contributed by atoms with van der Waals surface area (Å²) in [6.45, 7) is 0.419.